The van der Waals surface area contributed by atoms with E-state index in [-0.39, 0.29) is 29.9 Å². The Bertz CT molecular complexity index is 469. The van der Waals surface area contributed by atoms with Gasteiger partial charge in [-0.1, -0.05) is 12.1 Å². The van der Waals surface area contributed by atoms with Gasteiger partial charge in [-0.3, -0.25) is 4.79 Å². The van der Waals surface area contributed by atoms with Gasteiger partial charge in [-0.15, -0.1) is 24.0 Å². The van der Waals surface area contributed by atoms with Gasteiger partial charge in [0.1, 0.15) is 0 Å². The molecule has 21 heavy (non-hydrogen) atoms. The summed E-state index contributed by atoms with van der Waals surface area (Å²) in [5, 5.41) is 3.21. The summed E-state index contributed by atoms with van der Waals surface area (Å²) >= 11 is 0. The van der Waals surface area contributed by atoms with Crippen LogP contribution in [0.2, 0.25) is 0 Å². The van der Waals surface area contributed by atoms with Crippen molar-refractivity contribution in [3.8, 4) is 0 Å². The normalized spacial score (nSPS) is 10.6. The summed E-state index contributed by atoms with van der Waals surface area (Å²) in [4.78, 5) is 19.8. The summed E-state index contributed by atoms with van der Waals surface area (Å²) in [5.41, 5.74) is 1.78. The standard InChI is InChI=1S/C15H24N4O.HI/c1-6-16-15(19(4)5)17-11-12-7-9-13(10-8-12)14(20)18(2)3;/h7-10H,6,11H2,1-5H3,(H,16,17);1H. The van der Waals surface area contributed by atoms with Crippen LogP contribution in [0.5, 0.6) is 0 Å². The summed E-state index contributed by atoms with van der Waals surface area (Å²) in [6.45, 7) is 3.48. The van der Waals surface area contributed by atoms with Gasteiger partial charge in [-0.2, -0.15) is 0 Å². The molecule has 0 fully saturated rings. The lowest BCUT2D eigenvalue weighted by Crippen LogP contribution is -2.36. The molecule has 1 rings (SSSR count). The Kier molecular flexibility index (Phi) is 9.00. The highest BCUT2D eigenvalue weighted by atomic mass is 127. The maximum Gasteiger partial charge on any atom is 0.253 e. The van der Waals surface area contributed by atoms with E-state index < -0.39 is 0 Å². The number of aliphatic imine (C=N–C) groups is 1. The number of amides is 1. The van der Waals surface area contributed by atoms with Crippen molar-refractivity contribution in [2.24, 2.45) is 4.99 Å². The van der Waals surface area contributed by atoms with Crippen LogP contribution < -0.4 is 5.32 Å². The largest absolute Gasteiger partial charge is 0.357 e. The Morgan fingerprint density at radius 3 is 2.10 bits per heavy atom. The van der Waals surface area contributed by atoms with E-state index in [0.717, 1.165) is 18.1 Å². The predicted molar refractivity (Wildman–Crippen MR) is 98.4 cm³/mol. The number of carbonyl (C=O) groups is 1. The summed E-state index contributed by atoms with van der Waals surface area (Å²) < 4.78 is 0. The number of guanidine groups is 1. The van der Waals surface area contributed by atoms with E-state index in [1.807, 2.05) is 50.2 Å². The van der Waals surface area contributed by atoms with E-state index in [9.17, 15) is 4.79 Å². The topological polar surface area (TPSA) is 47.9 Å². The van der Waals surface area contributed by atoms with Crippen molar-refractivity contribution < 1.29 is 4.79 Å². The average Bonchev–Trinajstić information content (AvgIpc) is 2.42. The van der Waals surface area contributed by atoms with Gasteiger partial charge in [0.05, 0.1) is 6.54 Å². The van der Waals surface area contributed by atoms with Gasteiger partial charge in [0.25, 0.3) is 5.91 Å². The molecule has 0 aliphatic heterocycles. The summed E-state index contributed by atoms with van der Waals surface area (Å²) in [6, 6.07) is 7.57. The number of rotatable bonds is 4. The number of benzene rings is 1. The fourth-order valence-electron chi connectivity index (χ4n) is 1.69. The second-order valence-electron chi connectivity index (χ2n) is 4.96. The molecule has 1 amide bonds. The van der Waals surface area contributed by atoms with Crippen LogP contribution in [0.3, 0.4) is 0 Å². The molecule has 0 heterocycles. The molecule has 0 bridgehead atoms. The van der Waals surface area contributed by atoms with E-state index in [4.69, 9.17) is 0 Å². The first-order valence-corrected chi connectivity index (χ1v) is 6.72. The number of hydrogen-bond acceptors (Lipinski definition) is 2. The second kappa shape index (κ2) is 9.59. The first kappa shape index (κ1) is 19.7. The van der Waals surface area contributed by atoms with E-state index >= 15 is 0 Å². The number of nitrogens with zero attached hydrogens (tertiary/aromatic N) is 3. The molecule has 0 spiro atoms. The molecular weight excluding hydrogens is 379 g/mol. The molecule has 0 saturated carbocycles. The molecule has 1 N–H and O–H groups in total. The number of hydrogen-bond donors (Lipinski definition) is 1. The fraction of sp³-hybridized carbons (Fsp3) is 0.467. The lowest BCUT2D eigenvalue weighted by Gasteiger charge is -2.16. The Balaban J connectivity index is 0.00000400. The number of carbonyl (C=O) groups excluding carboxylic acids is 1. The third-order valence-electron chi connectivity index (χ3n) is 2.78. The lowest BCUT2D eigenvalue weighted by atomic mass is 10.1. The van der Waals surface area contributed by atoms with Crippen LogP contribution in [0.25, 0.3) is 0 Å². The summed E-state index contributed by atoms with van der Waals surface area (Å²) in [6.07, 6.45) is 0. The van der Waals surface area contributed by atoms with E-state index in [0.29, 0.717) is 12.1 Å². The molecule has 0 radical (unpaired) electrons. The molecule has 0 aliphatic rings. The van der Waals surface area contributed by atoms with Crippen molar-refractivity contribution in [3.05, 3.63) is 35.4 Å². The predicted octanol–water partition coefficient (Wildman–Crippen LogP) is 2.03. The van der Waals surface area contributed by atoms with Gasteiger partial charge < -0.3 is 15.1 Å². The highest BCUT2D eigenvalue weighted by molar-refractivity contribution is 14.0. The maximum atomic E-state index is 11.8. The number of halogens is 1. The van der Waals surface area contributed by atoms with Crippen LogP contribution in [-0.2, 0) is 6.54 Å². The zero-order valence-corrected chi connectivity index (χ0v) is 15.7. The van der Waals surface area contributed by atoms with Gasteiger partial charge in [0.2, 0.25) is 0 Å². The molecule has 1 aromatic rings. The van der Waals surface area contributed by atoms with E-state index in [1.54, 1.807) is 19.0 Å². The Hall–Kier alpha value is -1.31. The summed E-state index contributed by atoms with van der Waals surface area (Å²) in [5.74, 6) is 0.877. The van der Waals surface area contributed by atoms with Gasteiger partial charge in [0.15, 0.2) is 5.96 Å². The fourth-order valence-corrected chi connectivity index (χ4v) is 1.69. The smallest absolute Gasteiger partial charge is 0.253 e. The first-order valence-electron chi connectivity index (χ1n) is 6.72. The quantitative estimate of drug-likeness (QED) is 0.475. The Labute approximate surface area is 144 Å². The van der Waals surface area contributed by atoms with E-state index in [2.05, 4.69) is 10.3 Å². The molecule has 0 saturated heterocycles. The third-order valence-corrected chi connectivity index (χ3v) is 2.78. The van der Waals surface area contributed by atoms with Crippen molar-refractivity contribution in [3.63, 3.8) is 0 Å². The van der Waals surface area contributed by atoms with Crippen LogP contribution in [0.4, 0.5) is 0 Å². The zero-order valence-electron chi connectivity index (χ0n) is 13.4. The van der Waals surface area contributed by atoms with Crippen LogP contribution in [0.1, 0.15) is 22.8 Å². The Morgan fingerprint density at radius 2 is 1.67 bits per heavy atom. The molecule has 0 aliphatic carbocycles. The highest BCUT2D eigenvalue weighted by Crippen LogP contribution is 2.07. The second-order valence-corrected chi connectivity index (χ2v) is 4.96. The molecule has 1 aromatic carbocycles. The SMILES string of the molecule is CCNC(=NCc1ccc(C(=O)N(C)C)cc1)N(C)C.I. The van der Waals surface area contributed by atoms with Crippen LogP contribution in [0, 0.1) is 0 Å². The van der Waals surface area contributed by atoms with E-state index in [1.165, 1.54) is 0 Å². The van der Waals surface area contributed by atoms with Crippen LogP contribution >= 0.6 is 24.0 Å². The summed E-state index contributed by atoms with van der Waals surface area (Å²) in [7, 11) is 7.42. The van der Waals surface area contributed by atoms with Crippen molar-refractivity contribution in [2.75, 3.05) is 34.7 Å². The Morgan fingerprint density at radius 1 is 1.10 bits per heavy atom. The van der Waals surface area contributed by atoms with Gasteiger partial charge in [-0.25, -0.2) is 4.99 Å². The van der Waals surface area contributed by atoms with Gasteiger partial charge >= 0.3 is 0 Å². The van der Waals surface area contributed by atoms with Crippen molar-refractivity contribution in [1.82, 2.24) is 15.1 Å². The molecule has 0 aromatic heterocycles. The molecular formula is C15H25IN4O. The third kappa shape index (κ3) is 6.33. The minimum absolute atomic E-state index is 0. The van der Waals surface area contributed by atoms with Crippen LogP contribution in [0.15, 0.2) is 29.3 Å². The minimum atomic E-state index is 0. The molecule has 118 valence electrons. The van der Waals surface area contributed by atoms with Crippen molar-refractivity contribution in [1.29, 1.82) is 0 Å². The highest BCUT2D eigenvalue weighted by Gasteiger charge is 2.07. The number of nitrogens with one attached hydrogen (secondary N) is 1. The lowest BCUT2D eigenvalue weighted by molar-refractivity contribution is 0.0827. The molecule has 6 heteroatoms. The first-order chi connectivity index (χ1) is 9.45. The van der Waals surface area contributed by atoms with Gasteiger partial charge in [0, 0.05) is 40.3 Å². The molecule has 0 atom stereocenters. The van der Waals surface area contributed by atoms with Gasteiger partial charge in [-0.05, 0) is 24.6 Å². The maximum absolute atomic E-state index is 11.8. The molecule has 0 unspecified atom stereocenters. The monoisotopic (exact) mass is 404 g/mol. The molecule has 5 nitrogen and oxygen atoms in total. The minimum Gasteiger partial charge on any atom is -0.357 e. The zero-order chi connectivity index (χ0) is 15.1. The van der Waals surface area contributed by atoms with Crippen molar-refractivity contribution in [2.45, 2.75) is 13.5 Å². The van der Waals surface area contributed by atoms with Crippen LogP contribution in [-0.4, -0.2) is 56.4 Å². The van der Waals surface area contributed by atoms with Crippen molar-refractivity contribution >= 4 is 35.8 Å². The average molecular weight is 404 g/mol.